The van der Waals surface area contributed by atoms with Crippen molar-refractivity contribution in [2.75, 3.05) is 12.4 Å². The molecule has 0 aliphatic rings. The second-order valence-electron chi connectivity index (χ2n) is 5.08. The number of carbonyl (C=O) groups excluding carboxylic acids is 1. The highest BCUT2D eigenvalue weighted by atomic mass is 19.1. The summed E-state index contributed by atoms with van der Waals surface area (Å²) in [6, 6.07) is 9.19. The van der Waals surface area contributed by atoms with Gasteiger partial charge in [-0.15, -0.1) is 0 Å². The van der Waals surface area contributed by atoms with Gasteiger partial charge < -0.3 is 10.1 Å². The number of halogens is 1. The van der Waals surface area contributed by atoms with Crippen molar-refractivity contribution >= 4 is 11.6 Å². The van der Waals surface area contributed by atoms with E-state index < -0.39 is 11.7 Å². The number of aryl methyl sites for hydroxylation is 1. The number of anilines is 1. The van der Waals surface area contributed by atoms with Crippen LogP contribution in [0.15, 0.2) is 48.8 Å². The van der Waals surface area contributed by atoms with Crippen LogP contribution in [0, 0.1) is 5.82 Å². The highest BCUT2D eigenvalue weighted by Gasteiger charge is 2.18. The van der Waals surface area contributed by atoms with E-state index in [2.05, 4.69) is 15.4 Å². The number of carbonyl (C=O) groups is 1. The summed E-state index contributed by atoms with van der Waals surface area (Å²) in [5.41, 5.74) is 1.74. The lowest BCUT2D eigenvalue weighted by atomic mass is 10.1. The molecule has 3 rings (SSSR count). The van der Waals surface area contributed by atoms with Crippen LogP contribution in [0.5, 0.6) is 5.75 Å². The monoisotopic (exact) mass is 326 g/mol. The largest absolute Gasteiger partial charge is 0.496 e. The van der Waals surface area contributed by atoms with Gasteiger partial charge in [0.05, 0.1) is 24.1 Å². The number of aromatic nitrogens is 3. The van der Waals surface area contributed by atoms with Crippen molar-refractivity contribution in [1.29, 1.82) is 0 Å². The minimum absolute atomic E-state index is 0.105. The van der Waals surface area contributed by atoms with Crippen molar-refractivity contribution in [2.24, 2.45) is 7.05 Å². The topological polar surface area (TPSA) is 69.0 Å². The van der Waals surface area contributed by atoms with Crippen molar-refractivity contribution in [1.82, 2.24) is 14.8 Å². The van der Waals surface area contributed by atoms with Crippen LogP contribution >= 0.6 is 0 Å². The van der Waals surface area contributed by atoms with Crippen molar-refractivity contribution in [3.63, 3.8) is 0 Å². The Balaban J connectivity index is 1.95. The lowest BCUT2D eigenvalue weighted by molar-refractivity contribution is 0.102. The molecule has 24 heavy (non-hydrogen) atoms. The van der Waals surface area contributed by atoms with Crippen molar-refractivity contribution in [3.05, 3.63) is 60.2 Å². The van der Waals surface area contributed by atoms with Gasteiger partial charge in [-0.1, -0.05) is 6.07 Å². The number of nitrogens with zero attached hydrogens (tertiary/aromatic N) is 3. The first-order valence-corrected chi connectivity index (χ1v) is 7.18. The zero-order chi connectivity index (χ0) is 17.1. The van der Waals surface area contributed by atoms with E-state index in [0.29, 0.717) is 17.1 Å². The molecule has 0 bridgehead atoms. The van der Waals surface area contributed by atoms with Gasteiger partial charge in [-0.2, -0.15) is 5.10 Å². The molecule has 0 atom stereocenters. The molecule has 0 fully saturated rings. The number of pyridine rings is 1. The van der Waals surface area contributed by atoms with Crippen LogP contribution in [0.25, 0.3) is 11.4 Å². The predicted molar refractivity (Wildman–Crippen MR) is 87.3 cm³/mol. The molecule has 0 saturated heterocycles. The summed E-state index contributed by atoms with van der Waals surface area (Å²) in [6.07, 6.45) is 3.30. The summed E-state index contributed by atoms with van der Waals surface area (Å²) in [7, 11) is 3.16. The van der Waals surface area contributed by atoms with E-state index in [1.54, 1.807) is 36.3 Å². The number of amides is 1. The second kappa shape index (κ2) is 6.49. The van der Waals surface area contributed by atoms with Gasteiger partial charge in [0.15, 0.2) is 0 Å². The third-order valence-corrected chi connectivity index (χ3v) is 3.39. The number of benzene rings is 1. The van der Waals surface area contributed by atoms with Gasteiger partial charge in [-0.3, -0.25) is 14.5 Å². The van der Waals surface area contributed by atoms with Crippen molar-refractivity contribution in [2.45, 2.75) is 0 Å². The fourth-order valence-corrected chi connectivity index (χ4v) is 2.32. The molecule has 1 aromatic carbocycles. The van der Waals surface area contributed by atoms with Gasteiger partial charge >= 0.3 is 0 Å². The van der Waals surface area contributed by atoms with Crippen molar-refractivity contribution < 1.29 is 13.9 Å². The third-order valence-electron chi connectivity index (χ3n) is 3.39. The first-order valence-electron chi connectivity index (χ1n) is 7.18. The van der Waals surface area contributed by atoms with Crippen LogP contribution in [0.2, 0.25) is 0 Å². The Labute approximate surface area is 137 Å². The van der Waals surface area contributed by atoms with E-state index in [-0.39, 0.29) is 11.3 Å². The standard InChI is InChI=1S/C17H15FN4O2/c1-22-10-14(16(21-22)13-5-3-4-8-19-13)20-17(23)12-9-11(18)6-7-15(12)24-2/h3-10H,1-2H3,(H,20,23). The molecule has 0 aliphatic carbocycles. The molecule has 7 heteroatoms. The van der Waals surface area contributed by atoms with Crippen LogP contribution in [0.4, 0.5) is 10.1 Å². The number of hydrogen-bond acceptors (Lipinski definition) is 4. The molecule has 2 aromatic heterocycles. The molecule has 3 aromatic rings. The molecule has 2 heterocycles. The Morgan fingerprint density at radius 2 is 2.12 bits per heavy atom. The van der Waals surface area contributed by atoms with Gasteiger partial charge in [-0.05, 0) is 30.3 Å². The minimum Gasteiger partial charge on any atom is -0.496 e. The Bertz CT molecular complexity index is 878. The minimum atomic E-state index is -0.517. The molecule has 0 spiro atoms. The Hall–Kier alpha value is -3.22. The Kier molecular flexibility index (Phi) is 4.24. The summed E-state index contributed by atoms with van der Waals surface area (Å²) in [6.45, 7) is 0. The highest BCUT2D eigenvalue weighted by Crippen LogP contribution is 2.26. The number of nitrogens with one attached hydrogen (secondary N) is 1. The molecule has 0 radical (unpaired) electrons. The van der Waals surface area contributed by atoms with E-state index in [1.807, 2.05) is 6.07 Å². The van der Waals surface area contributed by atoms with E-state index in [0.717, 1.165) is 6.07 Å². The van der Waals surface area contributed by atoms with E-state index >= 15 is 0 Å². The molecule has 0 aliphatic heterocycles. The first kappa shape index (κ1) is 15.7. The molecule has 0 unspecified atom stereocenters. The molecule has 1 N–H and O–H groups in total. The number of methoxy groups -OCH3 is 1. The summed E-state index contributed by atoms with van der Waals surface area (Å²) in [4.78, 5) is 16.8. The zero-order valence-electron chi connectivity index (χ0n) is 13.2. The predicted octanol–water partition coefficient (Wildman–Crippen LogP) is 2.88. The van der Waals surface area contributed by atoms with Gasteiger partial charge in [0.2, 0.25) is 0 Å². The SMILES string of the molecule is COc1ccc(F)cc1C(=O)Nc1cn(C)nc1-c1ccccn1. The average molecular weight is 326 g/mol. The van der Waals surface area contributed by atoms with Crippen LogP contribution < -0.4 is 10.1 Å². The van der Waals surface area contributed by atoms with Crippen LogP contribution in [0.1, 0.15) is 10.4 Å². The maximum absolute atomic E-state index is 13.5. The molecule has 122 valence electrons. The van der Waals surface area contributed by atoms with Gasteiger partial charge in [0.1, 0.15) is 17.3 Å². The lowest BCUT2D eigenvalue weighted by Gasteiger charge is -2.09. The molecular formula is C17H15FN4O2. The van der Waals surface area contributed by atoms with Gasteiger partial charge in [0.25, 0.3) is 5.91 Å². The van der Waals surface area contributed by atoms with Crippen LogP contribution in [0.3, 0.4) is 0 Å². The number of hydrogen-bond donors (Lipinski definition) is 1. The van der Waals surface area contributed by atoms with Crippen LogP contribution in [-0.2, 0) is 7.05 Å². The fourth-order valence-electron chi connectivity index (χ4n) is 2.32. The molecule has 0 saturated carbocycles. The van der Waals surface area contributed by atoms with E-state index in [4.69, 9.17) is 4.74 Å². The Morgan fingerprint density at radius 1 is 1.29 bits per heavy atom. The molecular weight excluding hydrogens is 311 g/mol. The number of ether oxygens (including phenoxy) is 1. The fraction of sp³-hybridized carbons (Fsp3) is 0.118. The summed E-state index contributed by atoms with van der Waals surface area (Å²) in [5, 5.41) is 7.06. The lowest BCUT2D eigenvalue weighted by Crippen LogP contribution is -2.13. The summed E-state index contributed by atoms with van der Waals surface area (Å²) < 4.78 is 20.2. The zero-order valence-corrected chi connectivity index (χ0v) is 13.2. The quantitative estimate of drug-likeness (QED) is 0.800. The summed E-state index contributed by atoms with van der Waals surface area (Å²) >= 11 is 0. The van der Waals surface area contributed by atoms with E-state index in [1.165, 1.54) is 19.2 Å². The highest BCUT2D eigenvalue weighted by molar-refractivity contribution is 6.07. The van der Waals surface area contributed by atoms with Gasteiger partial charge in [-0.25, -0.2) is 4.39 Å². The second-order valence-corrected chi connectivity index (χ2v) is 5.08. The normalized spacial score (nSPS) is 10.5. The Morgan fingerprint density at radius 3 is 2.83 bits per heavy atom. The average Bonchev–Trinajstić information content (AvgIpc) is 2.96. The number of rotatable bonds is 4. The third kappa shape index (κ3) is 3.10. The maximum atomic E-state index is 13.5. The maximum Gasteiger partial charge on any atom is 0.259 e. The molecule has 1 amide bonds. The van der Waals surface area contributed by atoms with Crippen LogP contribution in [-0.4, -0.2) is 27.8 Å². The summed E-state index contributed by atoms with van der Waals surface area (Å²) in [5.74, 6) is -0.717. The molecule has 6 nitrogen and oxygen atoms in total. The smallest absolute Gasteiger partial charge is 0.259 e. The van der Waals surface area contributed by atoms with Gasteiger partial charge in [0, 0.05) is 19.4 Å². The van der Waals surface area contributed by atoms with E-state index in [9.17, 15) is 9.18 Å². The first-order chi connectivity index (χ1) is 11.6. The van der Waals surface area contributed by atoms with Crippen molar-refractivity contribution in [3.8, 4) is 17.1 Å².